The Morgan fingerprint density at radius 3 is 2.88 bits per heavy atom. The van der Waals surface area contributed by atoms with Gasteiger partial charge in [0.05, 0.1) is 31.1 Å². The molecule has 3 aliphatic rings. The highest BCUT2D eigenvalue weighted by molar-refractivity contribution is 6.03. The first-order valence-electron chi connectivity index (χ1n) is 8.79. The molecule has 1 aromatic carbocycles. The number of benzene rings is 1. The van der Waals surface area contributed by atoms with Crippen molar-refractivity contribution in [1.29, 1.82) is 0 Å². The van der Waals surface area contributed by atoms with Crippen LogP contribution in [0.3, 0.4) is 0 Å². The molecule has 1 atom stereocenters. The Morgan fingerprint density at radius 2 is 2.08 bits per heavy atom. The van der Waals surface area contributed by atoms with Gasteiger partial charge in [-0.1, -0.05) is 0 Å². The molecule has 0 saturated carbocycles. The Morgan fingerprint density at radius 1 is 1.28 bits per heavy atom. The summed E-state index contributed by atoms with van der Waals surface area (Å²) in [4.78, 5) is 28.4. The summed E-state index contributed by atoms with van der Waals surface area (Å²) in [6, 6.07) is 5.51. The first-order chi connectivity index (χ1) is 12.1. The fraction of sp³-hybridized carbons (Fsp3) is 0.556. The molecule has 3 aliphatic heterocycles. The number of likely N-dealkylation sites (tertiary alicyclic amines) is 1. The van der Waals surface area contributed by atoms with Crippen LogP contribution in [0, 0.1) is 5.92 Å². The molecule has 7 nitrogen and oxygen atoms in total. The van der Waals surface area contributed by atoms with Crippen LogP contribution in [0.15, 0.2) is 18.2 Å². The second kappa shape index (κ2) is 6.65. The Labute approximate surface area is 146 Å². The second-order valence-electron chi connectivity index (χ2n) is 6.90. The van der Waals surface area contributed by atoms with Gasteiger partial charge in [0.25, 0.3) is 5.91 Å². The molecule has 2 fully saturated rings. The number of likely N-dealkylation sites (N-methyl/N-ethyl adjacent to an activating group) is 1. The number of anilines is 2. The number of hydrogen-bond acceptors (Lipinski definition) is 5. The molecule has 1 aromatic rings. The lowest BCUT2D eigenvalue weighted by atomic mass is 9.96. The first-order valence-corrected chi connectivity index (χ1v) is 8.79. The van der Waals surface area contributed by atoms with Crippen LogP contribution >= 0.6 is 0 Å². The van der Waals surface area contributed by atoms with E-state index in [1.54, 1.807) is 6.07 Å². The van der Waals surface area contributed by atoms with Gasteiger partial charge >= 0.3 is 0 Å². The normalized spacial score (nSPS) is 24.2. The van der Waals surface area contributed by atoms with Crippen LogP contribution in [0.1, 0.15) is 23.2 Å². The molecule has 7 heteroatoms. The third-order valence-electron chi connectivity index (χ3n) is 5.09. The van der Waals surface area contributed by atoms with Gasteiger partial charge in [-0.3, -0.25) is 9.59 Å². The van der Waals surface area contributed by atoms with E-state index in [0.717, 1.165) is 25.1 Å². The van der Waals surface area contributed by atoms with Gasteiger partial charge in [-0.05, 0) is 31.0 Å². The molecule has 0 bridgehead atoms. The van der Waals surface area contributed by atoms with Crippen LogP contribution in [0.5, 0.6) is 0 Å². The van der Waals surface area contributed by atoms with Gasteiger partial charge in [0.2, 0.25) is 5.91 Å². The van der Waals surface area contributed by atoms with Gasteiger partial charge in [0, 0.05) is 31.6 Å². The summed E-state index contributed by atoms with van der Waals surface area (Å²) < 4.78 is 11.2. The number of nitrogens with one attached hydrogen (secondary N) is 1. The van der Waals surface area contributed by atoms with Crippen molar-refractivity contribution in [1.82, 2.24) is 4.90 Å². The van der Waals surface area contributed by atoms with Crippen molar-refractivity contribution in [2.75, 3.05) is 50.1 Å². The zero-order chi connectivity index (χ0) is 17.4. The Kier molecular flexibility index (Phi) is 4.35. The monoisotopic (exact) mass is 345 g/mol. The fourth-order valence-corrected chi connectivity index (χ4v) is 3.84. The summed E-state index contributed by atoms with van der Waals surface area (Å²) in [7, 11) is 1.87. The van der Waals surface area contributed by atoms with Gasteiger partial charge in [0.1, 0.15) is 0 Å². The Bertz CT molecular complexity index is 687. The molecule has 0 radical (unpaired) electrons. The Hall–Kier alpha value is -2.12. The number of carbonyl (C=O) groups is 2. The van der Waals surface area contributed by atoms with Crippen molar-refractivity contribution in [2.24, 2.45) is 5.92 Å². The van der Waals surface area contributed by atoms with E-state index in [9.17, 15) is 9.59 Å². The minimum absolute atomic E-state index is 0.00651. The van der Waals surface area contributed by atoms with Gasteiger partial charge in [-0.2, -0.15) is 0 Å². The van der Waals surface area contributed by atoms with Crippen molar-refractivity contribution in [2.45, 2.75) is 19.1 Å². The van der Waals surface area contributed by atoms with Crippen molar-refractivity contribution >= 4 is 23.2 Å². The lowest BCUT2D eigenvalue weighted by Crippen LogP contribution is -2.44. The molecule has 2 saturated heterocycles. The fourth-order valence-electron chi connectivity index (χ4n) is 3.84. The van der Waals surface area contributed by atoms with Crippen LogP contribution < -0.4 is 10.2 Å². The number of amides is 2. The number of nitrogens with zero attached hydrogens (tertiary/aromatic N) is 2. The summed E-state index contributed by atoms with van der Waals surface area (Å²) in [5.74, 6) is 0.157. The van der Waals surface area contributed by atoms with Crippen molar-refractivity contribution in [3.63, 3.8) is 0 Å². The zero-order valence-corrected chi connectivity index (χ0v) is 14.4. The molecule has 4 rings (SSSR count). The topological polar surface area (TPSA) is 71.1 Å². The quantitative estimate of drug-likeness (QED) is 0.875. The van der Waals surface area contributed by atoms with Crippen LogP contribution in [0.25, 0.3) is 0 Å². The largest absolute Gasteiger partial charge is 0.364 e. The first kappa shape index (κ1) is 16.4. The molecule has 0 aromatic heterocycles. The van der Waals surface area contributed by atoms with E-state index in [1.807, 2.05) is 29.0 Å². The van der Waals surface area contributed by atoms with Crippen LogP contribution in [-0.2, 0) is 14.3 Å². The smallest absolute Gasteiger partial charge is 0.253 e. The lowest BCUT2D eigenvalue weighted by Gasteiger charge is -2.35. The SMILES string of the molecule is CN1CC(=O)Nc2cc(C(=O)N3CCCC(C4OCCO4)C3)ccc21. The maximum absolute atomic E-state index is 12.9. The summed E-state index contributed by atoms with van der Waals surface area (Å²) >= 11 is 0. The number of carbonyl (C=O) groups excluding carboxylic acids is 2. The van der Waals surface area contributed by atoms with Crippen LogP contribution in [0.2, 0.25) is 0 Å². The zero-order valence-electron chi connectivity index (χ0n) is 14.4. The van der Waals surface area contributed by atoms with E-state index in [4.69, 9.17) is 9.47 Å². The van der Waals surface area contributed by atoms with Crippen molar-refractivity contribution < 1.29 is 19.1 Å². The lowest BCUT2D eigenvalue weighted by molar-refractivity contribution is -0.115. The number of rotatable bonds is 2. The number of hydrogen-bond donors (Lipinski definition) is 1. The number of piperidine rings is 1. The predicted octanol–water partition coefficient (Wildman–Crippen LogP) is 1.30. The van der Waals surface area contributed by atoms with E-state index in [-0.39, 0.29) is 24.0 Å². The molecule has 0 spiro atoms. The minimum Gasteiger partial charge on any atom is -0.364 e. The highest BCUT2D eigenvalue weighted by Crippen LogP contribution is 2.31. The molecule has 0 aliphatic carbocycles. The average Bonchev–Trinajstić information content (AvgIpc) is 3.15. The number of fused-ring (bicyclic) bond motifs is 1. The van der Waals surface area contributed by atoms with E-state index >= 15 is 0 Å². The summed E-state index contributed by atoms with van der Waals surface area (Å²) in [5, 5.41) is 2.85. The molecular formula is C18H23N3O4. The van der Waals surface area contributed by atoms with E-state index in [0.29, 0.717) is 37.6 Å². The highest BCUT2D eigenvalue weighted by atomic mass is 16.7. The number of ether oxygens (including phenoxy) is 2. The van der Waals surface area contributed by atoms with E-state index in [2.05, 4.69) is 5.32 Å². The molecule has 1 unspecified atom stereocenters. The molecule has 134 valence electrons. The van der Waals surface area contributed by atoms with Gasteiger partial charge in [0.15, 0.2) is 6.29 Å². The third kappa shape index (κ3) is 3.21. The van der Waals surface area contributed by atoms with E-state index in [1.165, 1.54) is 0 Å². The summed E-state index contributed by atoms with van der Waals surface area (Å²) in [6.07, 6.45) is 1.77. The van der Waals surface area contributed by atoms with Gasteiger partial charge < -0.3 is 24.6 Å². The van der Waals surface area contributed by atoms with Crippen molar-refractivity contribution in [3.8, 4) is 0 Å². The van der Waals surface area contributed by atoms with Crippen LogP contribution in [0.4, 0.5) is 11.4 Å². The van der Waals surface area contributed by atoms with Crippen LogP contribution in [-0.4, -0.2) is 62.9 Å². The summed E-state index contributed by atoms with van der Waals surface area (Å²) in [6.45, 7) is 2.98. The third-order valence-corrected chi connectivity index (χ3v) is 5.09. The maximum atomic E-state index is 12.9. The Balaban J connectivity index is 1.50. The molecule has 1 N–H and O–H groups in total. The second-order valence-corrected chi connectivity index (χ2v) is 6.90. The molecule has 2 amide bonds. The molecule has 3 heterocycles. The maximum Gasteiger partial charge on any atom is 0.253 e. The van der Waals surface area contributed by atoms with Gasteiger partial charge in [-0.15, -0.1) is 0 Å². The van der Waals surface area contributed by atoms with E-state index < -0.39 is 0 Å². The van der Waals surface area contributed by atoms with Gasteiger partial charge in [-0.25, -0.2) is 0 Å². The average molecular weight is 345 g/mol. The summed E-state index contributed by atoms with van der Waals surface area (Å²) in [5.41, 5.74) is 2.23. The standard InChI is InChI=1S/C18H23N3O4/c1-20-11-16(22)19-14-9-12(4-5-15(14)20)17(23)21-6-2-3-13(10-21)18-24-7-8-25-18/h4-5,9,13,18H,2-3,6-8,10-11H2,1H3,(H,19,22). The molecular weight excluding hydrogens is 322 g/mol. The minimum atomic E-state index is -0.188. The highest BCUT2D eigenvalue weighted by Gasteiger charge is 2.33. The molecule has 25 heavy (non-hydrogen) atoms. The predicted molar refractivity (Wildman–Crippen MR) is 92.7 cm³/mol. The van der Waals surface area contributed by atoms with Crippen molar-refractivity contribution in [3.05, 3.63) is 23.8 Å².